The highest BCUT2D eigenvalue weighted by Gasteiger charge is 2.28. The summed E-state index contributed by atoms with van der Waals surface area (Å²) in [4.78, 5) is 25.2. The van der Waals surface area contributed by atoms with Gasteiger partial charge in [0.15, 0.2) is 0 Å². The van der Waals surface area contributed by atoms with E-state index in [-0.39, 0.29) is 30.4 Å². The largest absolute Gasteiger partial charge is 0.337 e. The van der Waals surface area contributed by atoms with Gasteiger partial charge in [-0.2, -0.15) is 4.98 Å². The molecule has 31 heavy (non-hydrogen) atoms. The van der Waals surface area contributed by atoms with Crippen molar-refractivity contribution in [2.24, 2.45) is 0 Å². The van der Waals surface area contributed by atoms with E-state index in [2.05, 4.69) is 28.3 Å². The fourth-order valence-electron chi connectivity index (χ4n) is 3.49. The summed E-state index contributed by atoms with van der Waals surface area (Å²) in [5, 5.41) is 4.08. The van der Waals surface area contributed by atoms with Crippen LogP contribution in [0.15, 0.2) is 54.4 Å². The molecule has 0 saturated heterocycles. The minimum atomic E-state index is -0.467. The van der Waals surface area contributed by atoms with E-state index in [4.69, 9.17) is 4.52 Å². The van der Waals surface area contributed by atoms with Gasteiger partial charge in [0.25, 0.3) is 5.91 Å². The van der Waals surface area contributed by atoms with Gasteiger partial charge in [-0.15, -0.1) is 25.6 Å². The molecule has 162 valence electrons. The van der Waals surface area contributed by atoms with Crippen molar-refractivity contribution in [3.63, 3.8) is 0 Å². The first kappa shape index (κ1) is 22.4. The van der Waals surface area contributed by atoms with Gasteiger partial charge in [0.05, 0.1) is 30.0 Å². The van der Waals surface area contributed by atoms with Crippen molar-refractivity contribution >= 4 is 18.3 Å². The molecular weight excluding hydrogens is 423 g/mol. The molecule has 3 heterocycles. The van der Waals surface area contributed by atoms with Crippen LogP contribution in [-0.2, 0) is 13.1 Å². The Balaban J connectivity index is 0.00000272. The normalized spacial score (nSPS) is 12.7. The van der Waals surface area contributed by atoms with Crippen LogP contribution in [0, 0.1) is 5.82 Å². The molecule has 1 aromatic carbocycles. The van der Waals surface area contributed by atoms with Crippen molar-refractivity contribution in [1.82, 2.24) is 29.5 Å². The zero-order valence-corrected chi connectivity index (χ0v) is 17.8. The van der Waals surface area contributed by atoms with E-state index in [1.165, 1.54) is 17.0 Å². The summed E-state index contributed by atoms with van der Waals surface area (Å²) in [5.74, 6) is 0.0430. The van der Waals surface area contributed by atoms with E-state index < -0.39 is 5.82 Å². The molecule has 3 aromatic rings. The Hall–Kier alpha value is -3.30. The minimum absolute atomic E-state index is 0. The van der Waals surface area contributed by atoms with Gasteiger partial charge in [-0.1, -0.05) is 17.3 Å². The second kappa shape index (κ2) is 9.23. The number of nitrogens with zero attached hydrogens (tertiary/aromatic N) is 6. The molecule has 0 unspecified atom stereocenters. The third-order valence-corrected chi connectivity index (χ3v) is 4.86. The van der Waals surface area contributed by atoms with E-state index >= 15 is 0 Å². The van der Waals surface area contributed by atoms with Crippen molar-refractivity contribution in [2.45, 2.75) is 13.1 Å². The number of amides is 1. The van der Waals surface area contributed by atoms with Gasteiger partial charge in [-0.3, -0.25) is 14.3 Å². The smallest absolute Gasteiger partial charge is 0.256 e. The van der Waals surface area contributed by atoms with Crippen LogP contribution >= 0.6 is 12.4 Å². The monoisotopic (exact) mass is 444 g/mol. The molecule has 0 N–H and O–H groups in total. The first-order chi connectivity index (χ1) is 14.5. The van der Waals surface area contributed by atoms with E-state index in [1.807, 2.05) is 4.90 Å². The number of carbonyl (C=O) groups is 1. The first-order valence-electron chi connectivity index (χ1n) is 9.40. The number of hydrogen-bond acceptors (Lipinski definition) is 6. The molecule has 0 fully saturated rings. The molecule has 10 heteroatoms. The Kier molecular flexibility index (Phi) is 6.67. The maximum atomic E-state index is 13.7. The summed E-state index contributed by atoms with van der Waals surface area (Å²) >= 11 is 0. The van der Waals surface area contributed by atoms with Gasteiger partial charge in [-0.05, 0) is 18.2 Å². The number of aromatic nitrogens is 4. The highest BCUT2D eigenvalue weighted by atomic mass is 35.5. The number of carbonyl (C=O) groups excluding carboxylic acids is 1. The molecule has 0 atom stereocenters. The van der Waals surface area contributed by atoms with E-state index in [1.54, 1.807) is 36.2 Å². The molecule has 0 saturated carbocycles. The molecule has 0 aliphatic carbocycles. The molecule has 4 rings (SSSR count). The van der Waals surface area contributed by atoms with Crippen molar-refractivity contribution in [1.29, 1.82) is 0 Å². The molecule has 8 nitrogen and oxygen atoms in total. The molecule has 1 aliphatic rings. The molecular formula is C21H22ClFN6O2. The Labute approximate surface area is 185 Å². The van der Waals surface area contributed by atoms with Crippen molar-refractivity contribution < 1.29 is 13.7 Å². The lowest BCUT2D eigenvalue weighted by atomic mass is 10.1. The summed E-state index contributed by atoms with van der Waals surface area (Å²) in [5.41, 5.74) is 2.07. The fraction of sp³-hybridized carbons (Fsp3) is 0.238. The number of hydrogen-bond donors (Lipinski definition) is 0. The zero-order valence-electron chi connectivity index (χ0n) is 17.0. The average Bonchev–Trinajstić information content (AvgIpc) is 3.32. The van der Waals surface area contributed by atoms with Gasteiger partial charge in [0.1, 0.15) is 17.8 Å². The van der Waals surface area contributed by atoms with Crippen LogP contribution in [0.3, 0.4) is 0 Å². The Morgan fingerprint density at radius 3 is 2.74 bits per heavy atom. The minimum Gasteiger partial charge on any atom is -0.337 e. The molecule has 0 bridgehead atoms. The van der Waals surface area contributed by atoms with Crippen LogP contribution in [0.5, 0.6) is 0 Å². The lowest BCUT2D eigenvalue weighted by Gasteiger charge is -2.15. The Bertz CT molecular complexity index is 1120. The fourth-order valence-corrected chi connectivity index (χ4v) is 3.49. The SMILES string of the molecule is C=CCN(CC=C)Cc1nc(-c2ncn3c2CN(C)C(=O)c2cc(F)ccc2-3)no1.Cl. The number of halogens is 2. The predicted molar refractivity (Wildman–Crippen MR) is 116 cm³/mol. The van der Waals surface area contributed by atoms with Crippen LogP contribution in [0.25, 0.3) is 17.2 Å². The highest BCUT2D eigenvalue weighted by Crippen LogP contribution is 2.29. The van der Waals surface area contributed by atoms with Gasteiger partial charge < -0.3 is 9.42 Å². The molecule has 1 amide bonds. The second-order valence-corrected chi connectivity index (χ2v) is 7.02. The summed E-state index contributed by atoms with van der Waals surface area (Å²) in [6.45, 7) is 9.54. The van der Waals surface area contributed by atoms with Gasteiger partial charge in [0.2, 0.25) is 11.7 Å². The molecule has 0 spiro atoms. The average molecular weight is 445 g/mol. The van der Waals surface area contributed by atoms with Crippen LogP contribution in [-0.4, -0.2) is 55.5 Å². The predicted octanol–water partition coefficient (Wildman–Crippen LogP) is 3.24. The third-order valence-electron chi connectivity index (χ3n) is 4.86. The van der Waals surface area contributed by atoms with E-state index in [0.29, 0.717) is 42.7 Å². The lowest BCUT2D eigenvalue weighted by Crippen LogP contribution is -2.25. The maximum absolute atomic E-state index is 13.7. The second-order valence-electron chi connectivity index (χ2n) is 7.02. The Morgan fingerprint density at radius 2 is 2.03 bits per heavy atom. The van der Waals surface area contributed by atoms with Gasteiger partial charge in [-0.25, -0.2) is 9.37 Å². The van der Waals surface area contributed by atoms with Crippen LogP contribution < -0.4 is 0 Å². The molecule has 0 radical (unpaired) electrons. The Morgan fingerprint density at radius 1 is 1.29 bits per heavy atom. The van der Waals surface area contributed by atoms with Crippen molar-refractivity contribution in [2.75, 3.05) is 20.1 Å². The number of rotatable bonds is 7. The summed E-state index contributed by atoms with van der Waals surface area (Å²) in [6, 6.07) is 4.13. The quantitative estimate of drug-likeness (QED) is 0.520. The highest BCUT2D eigenvalue weighted by molar-refractivity contribution is 5.98. The summed E-state index contributed by atoms with van der Waals surface area (Å²) in [7, 11) is 1.66. The maximum Gasteiger partial charge on any atom is 0.256 e. The summed E-state index contributed by atoms with van der Waals surface area (Å²) in [6.07, 6.45) is 5.18. The zero-order chi connectivity index (χ0) is 21.3. The topological polar surface area (TPSA) is 80.3 Å². The molecule has 2 aromatic heterocycles. The van der Waals surface area contributed by atoms with Crippen molar-refractivity contribution in [3.05, 3.63) is 72.8 Å². The van der Waals surface area contributed by atoms with Crippen LogP contribution in [0.1, 0.15) is 21.9 Å². The number of fused-ring (bicyclic) bond motifs is 3. The van der Waals surface area contributed by atoms with Crippen LogP contribution in [0.4, 0.5) is 4.39 Å². The third kappa shape index (κ3) is 4.28. The van der Waals surface area contributed by atoms with Gasteiger partial charge >= 0.3 is 0 Å². The molecule has 1 aliphatic heterocycles. The van der Waals surface area contributed by atoms with Crippen LogP contribution in [0.2, 0.25) is 0 Å². The van der Waals surface area contributed by atoms with Gasteiger partial charge in [0, 0.05) is 20.1 Å². The van der Waals surface area contributed by atoms with E-state index in [0.717, 1.165) is 5.69 Å². The number of imidazole rings is 1. The first-order valence-corrected chi connectivity index (χ1v) is 9.40. The summed E-state index contributed by atoms with van der Waals surface area (Å²) < 4.78 is 20.9. The standard InChI is InChI=1S/C21H21FN6O2.ClH/c1-4-8-27(9-5-2)12-18-24-20(25-30-18)19-17-11-26(3)21(29)15-10-14(22)6-7-16(15)28(17)13-23-19;/h4-7,10,13H,1-2,8-9,11-12H2,3H3;1H. The number of benzene rings is 1. The lowest BCUT2D eigenvalue weighted by molar-refractivity contribution is 0.0787. The van der Waals surface area contributed by atoms with Crippen molar-refractivity contribution in [3.8, 4) is 17.2 Å². The van der Waals surface area contributed by atoms with E-state index in [9.17, 15) is 9.18 Å².